The molecule has 6 nitrogen and oxygen atoms in total. The molecular weight excluding hydrogens is 458 g/mol. The predicted octanol–water partition coefficient (Wildman–Crippen LogP) is 3.91. The highest BCUT2D eigenvalue weighted by molar-refractivity contribution is 5.88. The Morgan fingerprint density at radius 2 is 1.78 bits per heavy atom. The number of nitrogens with one attached hydrogen (secondary N) is 1. The van der Waals surface area contributed by atoms with Gasteiger partial charge in [0, 0.05) is 43.0 Å². The molecule has 0 bridgehead atoms. The van der Waals surface area contributed by atoms with E-state index >= 15 is 0 Å². The van der Waals surface area contributed by atoms with Crippen molar-refractivity contribution in [2.24, 2.45) is 7.05 Å². The maximum absolute atomic E-state index is 13.8. The van der Waals surface area contributed by atoms with Gasteiger partial charge in [0.15, 0.2) is 0 Å². The number of rotatable bonds is 6. The normalized spacial score (nSPS) is 14.6. The van der Waals surface area contributed by atoms with E-state index in [2.05, 4.69) is 47.2 Å². The Morgan fingerprint density at radius 3 is 2.51 bits per heavy atom. The minimum atomic E-state index is -0.0261. The van der Waals surface area contributed by atoms with Crippen molar-refractivity contribution in [1.29, 1.82) is 0 Å². The number of pyridine rings is 1. The SMILES string of the molecule is CCc1cc2cccc(C#Cc3cnn(C)c3CCN3CCC(NC)CC3)c2c(=O)n1-c1ccccc1. The number of fused-ring (bicyclic) bond motifs is 1. The summed E-state index contributed by atoms with van der Waals surface area (Å²) in [6, 6.07) is 18.5. The Bertz CT molecular complexity index is 1500. The molecule has 0 aliphatic carbocycles. The van der Waals surface area contributed by atoms with Gasteiger partial charge in [-0.3, -0.25) is 14.0 Å². The summed E-state index contributed by atoms with van der Waals surface area (Å²) in [5.74, 6) is 6.68. The second kappa shape index (κ2) is 11.2. The highest BCUT2D eigenvalue weighted by Gasteiger charge is 2.18. The average Bonchev–Trinajstić information content (AvgIpc) is 3.29. The molecule has 1 N–H and O–H groups in total. The van der Waals surface area contributed by atoms with E-state index < -0.39 is 0 Å². The molecule has 4 aromatic rings. The molecule has 5 rings (SSSR count). The van der Waals surface area contributed by atoms with Gasteiger partial charge in [-0.25, -0.2) is 0 Å². The molecular formula is C31H35N5O. The van der Waals surface area contributed by atoms with Crippen LogP contribution in [0.3, 0.4) is 0 Å². The largest absolute Gasteiger partial charge is 0.317 e. The summed E-state index contributed by atoms with van der Waals surface area (Å²) in [4.78, 5) is 16.3. The number of aryl methyl sites for hydroxylation is 2. The van der Waals surface area contributed by atoms with E-state index in [1.807, 2.05) is 71.0 Å². The first-order chi connectivity index (χ1) is 18.1. The molecule has 6 heteroatoms. The van der Waals surface area contributed by atoms with Crippen molar-refractivity contribution in [2.75, 3.05) is 26.7 Å². The van der Waals surface area contributed by atoms with Crippen LogP contribution in [0.4, 0.5) is 0 Å². The number of likely N-dealkylation sites (tertiary alicyclic amines) is 1. The maximum atomic E-state index is 13.8. The maximum Gasteiger partial charge on any atom is 0.264 e. The highest BCUT2D eigenvalue weighted by atomic mass is 16.1. The van der Waals surface area contributed by atoms with Gasteiger partial charge in [0.2, 0.25) is 0 Å². The number of hydrogen-bond donors (Lipinski definition) is 1. The zero-order valence-corrected chi connectivity index (χ0v) is 22.0. The van der Waals surface area contributed by atoms with Gasteiger partial charge in [0.25, 0.3) is 5.56 Å². The van der Waals surface area contributed by atoms with Crippen LogP contribution < -0.4 is 10.9 Å². The fourth-order valence-electron chi connectivity index (χ4n) is 5.35. The molecule has 1 saturated heterocycles. The first kappa shape index (κ1) is 25.0. The van der Waals surface area contributed by atoms with E-state index in [1.165, 1.54) is 12.8 Å². The lowest BCUT2D eigenvalue weighted by Crippen LogP contribution is -2.42. The quantitative estimate of drug-likeness (QED) is 0.414. The van der Waals surface area contributed by atoms with Crippen LogP contribution in [0.25, 0.3) is 16.5 Å². The number of piperidine rings is 1. The molecule has 0 radical (unpaired) electrons. The standard InChI is InChI=1S/C31H35N5O/c1-4-27-21-24-10-8-9-23(30(24)31(37)36(27)28-11-6-5-7-12-28)13-14-25-22-33-34(3)29(25)17-20-35-18-15-26(32-2)16-19-35/h5-12,21-22,26,32H,4,15-20H2,1-3H3. The van der Waals surface area contributed by atoms with Gasteiger partial charge in [-0.05, 0) is 69.1 Å². The number of benzene rings is 2. The number of para-hydroxylation sites is 1. The molecule has 0 atom stereocenters. The molecule has 0 unspecified atom stereocenters. The summed E-state index contributed by atoms with van der Waals surface area (Å²) in [5, 5.41) is 9.48. The smallest absolute Gasteiger partial charge is 0.264 e. The van der Waals surface area contributed by atoms with Crippen LogP contribution >= 0.6 is 0 Å². The third-order valence-electron chi connectivity index (χ3n) is 7.55. The summed E-state index contributed by atoms with van der Waals surface area (Å²) >= 11 is 0. The zero-order valence-electron chi connectivity index (χ0n) is 22.0. The number of hydrogen-bond acceptors (Lipinski definition) is 4. The Balaban J connectivity index is 1.47. The second-order valence-electron chi connectivity index (χ2n) is 9.77. The molecule has 1 aliphatic heterocycles. The van der Waals surface area contributed by atoms with Crippen LogP contribution in [0, 0.1) is 11.8 Å². The first-order valence-corrected chi connectivity index (χ1v) is 13.2. The van der Waals surface area contributed by atoms with E-state index in [0.29, 0.717) is 11.4 Å². The lowest BCUT2D eigenvalue weighted by atomic mass is 10.0. The topological polar surface area (TPSA) is 55.1 Å². The number of aromatic nitrogens is 3. The minimum Gasteiger partial charge on any atom is -0.317 e. The Morgan fingerprint density at radius 1 is 1.03 bits per heavy atom. The molecule has 1 fully saturated rings. The fourth-order valence-corrected chi connectivity index (χ4v) is 5.35. The van der Waals surface area contributed by atoms with Crippen molar-refractivity contribution in [2.45, 2.75) is 38.6 Å². The van der Waals surface area contributed by atoms with E-state index in [-0.39, 0.29) is 5.56 Å². The number of nitrogens with zero attached hydrogens (tertiary/aromatic N) is 4. The zero-order chi connectivity index (χ0) is 25.8. The molecule has 190 valence electrons. The highest BCUT2D eigenvalue weighted by Crippen LogP contribution is 2.20. The molecule has 2 aromatic heterocycles. The van der Waals surface area contributed by atoms with Crippen LogP contribution in [0.15, 0.2) is 65.6 Å². The molecule has 0 amide bonds. The van der Waals surface area contributed by atoms with E-state index in [4.69, 9.17) is 0 Å². The van der Waals surface area contributed by atoms with E-state index in [9.17, 15) is 4.79 Å². The van der Waals surface area contributed by atoms with Crippen molar-refractivity contribution in [3.05, 3.63) is 93.7 Å². The molecule has 2 aromatic carbocycles. The van der Waals surface area contributed by atoms with Gasteiger partial charge in [-0.15, -0.1) is 0 Å². The van der Waals surface area contributed by atoms with Crippen molar-refractivity contribution in [3.63, 3.8) is 0 Å². The molecule has 0 saturated carbocycles. The van der Waals surface area contributed by atoms with Gasteiger partial charge < -0.3 is 10.2 Å². The fraction of sp³-hybridized carbons (Fsp3) is 0.355. The Kier molecular flexibility index (Phi) is 7.55. The summed E-state index contributed by atoms with van der Waals surface area (Å²) in [6.45, 7) is 5.32. The summed E-state index contributed by atoms with van der Waals surface area (Å²) in [7, 11) is 4.03. The van der Waals surface area contributed by atoms with Gasteiger partial charge in [-0.2, -0.15) is 5.10 Å². The Hall–Kier alpha value is -3.66. The second-order valence-corrected chi connectivity index (χ2v) is 9.77. The van der Waals surface area contributed by atoms with Gasteiger partial charge >= 0.3 is 0 Å². The van der Waals surface area contributed by atoms with Gasteiger partial charge in [-0.1, -0.05) is 49.1 Å². The van der Waals surface area contributed by atoms with E-state index in [1.54, 1.807) is 0 Å². The Labute approximate surface area is 218 Å². The summed E-state index contributed by atoms with van der Waals surface area (Å²) in [6.07, 6.45) is 5.90. The van der Waals surface area contributed by atoms with Crippen LogP contribution in [-0.4, -0.2) is 52.0 Å². The van der Waals surface area contributed by atoms with Crippen molar-refractivity contribution in [1.82, 2.24) is 24.6 Å². The van der Waals surface area contributed by atoms with Gasteiger partial charge in [0.1, 0.15) is 0 Å². The molecule has 37 heavy (non-hydrogen) atoms. The van der Waals surface area contributed by atoms with Crippen LogP contribution in [0.5, 0.6) is 0 Å². The lowest BCUT2D eigenvalue weighted by molar-refractivity contribution is 0.203. The van der Waals surface area contributed by atoms with Gasteiger partial charge in [0.05, 0.1) is 22.8 Å². The lowest BCUT2D eigenvalue weighted by Gasteiger charge is -2.31. The van der Waals surface area contributed by atoms with Crippen LogP contribution in [0.1, 0.15) is 42.3 Å². The first-order valence-electron chi connectivity index (χ1n) is 13.2. The molecule has 0 spiro atoms. The molecule has 1 aliphatic rings. The van der Waals surface area contributed by atoms with Crippen molar-refractivity contribution >= 4 is 10.8 Å². The van der Waals surface area contributed by atoms with E-state index in [0.717, 1.165) is 66.1 Å². The predicted molar refractivity (Wildman–Crippen MR) is 150 cm³/mol. The summed E-state index contributed by atoms with van der Waals surface area (Å²) < 4.78 is 3.75. The van der Waals surface area contributed by atoms with Crippen LogP contribution in [0.2, 0.25) is 0 Å². The monoisotopic (exact) mass is 493 g/mol. The third kappa shape index (κ3) is 5.24. The summed E-state index contributed by atoms with van der Waals surface area (Å²) in [5.41, 5.74) is 4.65. The van der Waals surface area contributed by atoms with Crippen LogP contribution in [-0.2, 0) is 19.9 Å². The molecule has 3 heterocycles. The third-order valence-corrected chi connectivity index (χ3v) is 7.55. The average molecular weight is 494 g/mol. The van der Waals surface area contributed by atoms with Crippen molar-refractivity contribution < 1.29 is 0 Å². The minimum absolute atomic E-state index is 0.0261. The van der Waals surface area contributed by atoms with Crippen molar-refractivity contribution in [3.8, 4) is 17.5 Å².